The van der Waals surface area contributed by atoms with Crippen LogP contribution in [-0.4, -0.2) is 35.6 Å². The quantitative estimate of drug-likeness (QED) is 0.760. The number of hydrogen-bond acceptors (Lipinski definition) is 2. The maximum Gasteiger partial charge on any atom is 0.308 e. The van der Waals surface area contributed by atoms with Gasteiger partial charge in [0, 0.05) is 19.6 Å². The van der Waals surface area contributed by atoms with E-state index in [9.17, 15) is 4.79 Å². The highest BCUT2D eigenvalue weighted by Gasteiger charge is 2.34. The second-order valence-electron chi connectivity index (χ2n) is 4.82. The number of carbonyl (C=O) groups is 1. The highest BCUT2D eigenvalue weighted by Crippen LogP contribution is 2.24. The predicted molar refractivity (Wildman–Crippen MR) is 60.8 cm³/mol. The van der Waals surface area contributed by atoms with Gasteiger partial charge in [-0.2, -0.15) is 0 Å². The van der Waals surface area contributed by atoms with Crippen molar-refractivity contribution in [3.05, 3.63) is 0 Å². The zero-order chi connectivity index (χ0) is 11.4. The molecule has 15 heavy (non-hydrogen) atoms. The zero-order valence-electron chi connectivity index (χ0n) is 10.1. The van der Waals surface area contributed by atoms with E-state index in [1.54, 1.807) is 0 Å². The molecule has 0 saturated carbocycles. The minimum atomic E-state index is -0.630. The fourth-order valence-corrected chi connectivity index (χ4v) is 2.45. The second-order valence-corrected chi connectivity index (χ2v) is 4.82. The van der Waals surface area contributed by atoms with E-state index in [1.807, 2.05) is 6.92 Å². The molecule has 1 N–H and O–H groups in total. The van der Waals surface area contributed by atoms with Crippen molar-refractivity contribution in [1.29, 1.82) is 0 Å². The summed E-state index contributed by atoms with van der Waals surface area (Å²) >= 11 is 0. The van der Waals surface area contributed by atoms with Gasteiger partial charge in [0.25, 0.3) is 0 Å². The summed E-state index contributed by atoms with van der Waals surface area (Å²) in [6.45, 7) is 9.23. The molecule has 1 aliphatic heterocycles. The van der Waals surface area contributed by atoms with E-state index < -0.39 is 5.97 Å². The molecule has 0 aliphatic carbocycles. The Kier molecular flexibility index (Phi) is 4.58. The normalized spacial score (nSPS) is 27.5. The molecule has 0 amide bonds. The van der Waals surface area contributed by atoms with E-state index in [0.717, 1.165) is 25.6 Å². The zero-order valence-corrected chi connectivity index (χ0v) is 10.1. The Bertz CT molecular complexity index is 214. The van der Waals surface area contributed by atoms with Crippen molar-refractivity contribution in [1.82, 2.24) is 4.90 Å². The van der Waals surface area contributed by atoms with Crippen LogP contribution < -0.4 is 0 Å². The largest absolute Gasteiger partial charge is 0.481 e. The van der Waals surface area contributed by atoms with Gasteiger partial charge in [-0.15, -0.1) is 0 Å². The molecule has 2 unspecified atom stereocenters. The van der Waals surface area contributed by atoms with Gasteiger partial charge in [-0.05, 0) is 11.8 Å². The Labute approximate surface area is 92.5 Å². The van der Waals surface area contributed by atoms with Crippen molar-refractivity contribution in [3.8, 4) is 0 Å². The third-order valence-electron chi connectivity index (χ3n) is 3.68. The summed E-state index contributed by atoms with van der Waals surface area (Å²) < 4.78 is 0. The predicted octanol–water partition coefficient (Wildman–Crippen LogP) is 2.08. The molecule has 3 nitrogen and oxygen atoms in total. The molecular formula is C12H23NO2. The third-order valence-corrected chi connectivity index (χ3v) is 3.68. The van der Waals surface area contributed by atoms with Crippen LogP contribution in [0.15, 0.2) is 0 Å². The van der Waals surface area contributed by atoms with Crippen molar-refractivity contribution in [2.24, 2.45) is 17.8 Å². The van der Waals surface area contributed by atoms with Gasteiger partial charge < -0.3 is 10.0 Å². The van der Waals surface area contributed by atoms with Gasteiger partial charge >= 0.3 is 5.97 Å². The van der Waals surface area contributed by atoms with E-state index in [4.69, 9.17) is 5.11 Å². The lowest BCUT2D eigenvalue weighted by molar-refractivity contribution is -0.142. The van der Waals surface area contributed by atoms with Crippen LogP contribution in [0.1, 0.15) is 33.6 Å². The Morgan fingerprint density at radius 3 is 2.40 bits per heavy atom. The maximum absolute atomic E-state index is 11.0. The average molecular weight is 213 g/mol. The fraction of sp³-hybridized carbons (Fsp3) is 0.917. The lowest BCUT2D eigenvalue weighted by Gasteiger charge is -2.21. The number of nitrogens with zero attached hydrogens (tertiary/aromatic N) is 1. The molecule has 0 aromatic carbocycles. The van der Waals surface area contributed by atoms with Gasteiger partial charge in [-0.25, -0.2) is 0 Å². The van der Waals surface area contributed by atoms with Crippen LogP contribution in [0.4, 0.5) is 0 Å². The van der Waals surface area contributed by atoms with Gasteiger partial charge in [0.15, 0.2) is 0 Å². The molecule has 0 spiro atoms. The Balaban J connectivity index is 2.44. The maximum atomic E-state index is 11.0. The van der Waals surface area contributed by atoms with Crippen LogP contribution in [0.3, 0.4) is 0 Å². The second kappa shape index (κ2) is 5.50. The van der Waals surface area contributed by atoms with Crippen molar-refractivity contribution in [2.45, 2.75) is 33.6 Å². The summed E-state index contributed by atoms with van der Waals surface area (Å²) in [5.41, 5.74) is 0. The average Bonchev–Trinajstić information content (AvgIpc) is 2.56. The SMILES string of the molecule is CCC(CC)CN1CC(C)C(C(=O)O)C1. The van der Waals surface area contributed by atoms with Gasteiger partial charge in [0.1, 0.15) is 0 Å². The third kappa shape index (κ3) is 3.20. The number of aliphatic carboxylic acids is 1. The van der Waals surface area contributed by atoms with Gasteiger partial charge in [0.2, 0.25) is 0 Å². The molecular weight excluding hydrogens is 190 g/mol. The molecule has 1 aliphatic rings. The van der Waals surface area contributed by atoms with E-state index >= 15 is 0 Å². The molecule has 0 aromatic heterocycles. The molecule has 1 fully saturated rings. The number of hydrogen-bond donors (Lipinski definition) is 1. The first-order valence-corrected chi connectivity index (χ1v) is 6.03. The smallest absolute Gasteiger partial charge is 0.308 e. The van der Waals surface area contributed by atoms with Crippen molar-refractivity contribution < 1.29 is 9.90 Å². The van der Waals surface area contributed by atoms with Crippen LogP contribution in [0.5, 0.6) is 0 Å². The summed E-state index contributed by atoms with van der Waals surface area (Å²) in [7, 11) is 0. The summed E-state index contributed by atoms with van der Waals surface area (Å²) in [5.74, 6) is 0.246. The number of carboxylic acids is 1. The highest BCUT2D eigenvalue weighted by molar-refractivity contribution is 5.71. The first-order valence-electron chi connectivity index (χ1n) is 6.03. The summed E-state index contributed by atoms with van der Waals surface area (Å²) in [6, 6.07) is 0. The Hall–Kier alpha value is -0.570. The molecule has 1 heterocycles. The first kappa shape index (κ1) is 12.5. The summed E-state index contributed by atoms with van der Waals surface area (Å²) in [4.78, 5) is 13.3. The molecule has 88 valence electrons. The van der Waals surface area contributed by atoms with Crippen LogP contribution in [-0.2, 0) is 4.79 Å². The summed E-state index contributed by atoms with van der Waals surface area (Å²) in [5, 5.41) is 9.02. The minimum Gasteiger partial charge on any atom is -0.481 e. The van der Waals surface area contributed by atoms with E-state index in [2.05, 4.69) is 18.7 Å². The van der Waals surface area contributed by atoms with Crippen LogP contribution in [0.2, 0.25) is 0 Å². The molecule has 0 radical (unpaired) electrons. The van der Waals surface area contributed by atoms with Crippen molar-refractivity contribution in [2.75, 3.05) is 19.6 Å². The lowest BCUT2D eigenvalue weighted by Crippen LogP contribution is -2.28. The molecule has 2 atom stereocenters. The molecule has 1 rings (SSSR count). The number of rotatable bonds is 5. The standard InChI is InChI=1S/C12H23NO2/c1-4-10(5-2)7-13-6-9(3)11(8-13)12(14)15/h9-11H,4-8H2,1-3H3,(H,14,15). The summed E-state index contributed by atoms with van der Waals surface area (Å²) in [6.07, 6.45) is 2.39. The topological polar surface area (TPSA) is 40.5 Å². The molecule has 0 bridgehead atoms. The highest BCUT2D eigenvalue weighted by atomic mass is 16.4. The van der Waals surface area contributed by atoms with E-state index in [0.29, 0.717) is 5.92 Å². The van der Waals surface area contributed by atoms with Crippen LogP contribution in [0.25, 0.3) is 0 Å². The van der Waals surface area contributed by atoms with Gasteiger partial charge in [0.05, 0.1) is 5.92 Å². The Morgan fingerprint density at radius 2 is 2.00 bits per heavy atom. The fourth-order valence-electron chi connectivity index (χ4n) is 2.45. The lowest BCUT2D eigenvalue weighted by atomic mass is 9.99. The molecule has 0 aromatic rings. The monoisotopic (exact) mass is 213 g/mol. The minimum absolute atomic E-state index is 0.153. The van der Waals surface area contributed by atoms with Crippen LogP contribution in [0, 0.1) is 17.8 Å². The number of carboxylic acid groups (broad SMARTS) is 1. The van der Waals surface area contributed by atoms with Gasteiger partial charge in [-0.3, -0.25) is 4.79 Å². The van der Waals surface area contributed by atoms with Crippen molar-refractivity contribution in [3.63, 3.8) is 0 Å². The Morgan fingerprint density at radius 1 is 1.40 bits per heavy atom. The molecule has 3 heteroatoms. The van der Waals surface area contributed by atoms with E-state index in [-0.39, 0.29) is 5.92 Å². The van der Waals surface area contributed by atoms with Gasteiger partial charge in [-0.1, -0.05) is 33.6 Å². The van der Waals surface area contributed by atoms with Crippen LogP contribution >= 0.6 is 0 Å². The number of likely N-dealkylation sites (tertiary alicyclic amines) is 1. The molecule has 1 saturated heterocycles. The van der Waals surface area contributed by atoms with E-state index in [1.165, 1.54) is 12.8 Å². The van der Waals surface area contributed by atoms with Crippen molar-refractivity contribution >= 4 is 5.97 Å². The first-order chi connectivity index (χ1) is 7.08.